The van der Waals surface area contributed by atoms with E-state index in [0.29, 0.717) is 5.92 Å². The molecule has 0 fully saturated rings. The number of carbonyl (C=O) groups is 1. The van der Waals surface area contributed by atoms with Gasteiger partial charge in [0.1, 0.15) is 0 Å². The number of rotatable bonds is 6. The standard InChI is InChI=1S/C10H21NO2/c1-4-7(2)5-9(8(3)11)6-10(12)13/h7-9H,4-6,11H2,1-3H3,(H,12,13). The normalized spacial score (nSPS) is 17.8. The Bertz CT molecular complexity index is 157. The molecule has 78 valence electrons. The van der Waals surface area contributed by atoms with Crippen LogP contribution in [0, 0.1) is 11.8 Å². The van der Waals surface area contributed by atoms with Gasteiger partial charge in [-0.15, -0.1) is 0 Å². The molecular formula is C10H21NO2. The van der Waals surface area contributed by atoms with E-state index < -0.39 is 5.97 Å². The third-order valence-electron chi connectivity index (χ3n) is 2.58. The Morgan fingerprint density at radius 3 is 2.31 bits per heavy atom. The van der Waals surface area contributed by atoms with Crippen molar-refractivity contribution in [2.75, 3.05) is 0 Å². The van der Waals surface area contributed by atoms with E-state index in [9.17, 15) is 4.79 Å². The monoisotopic (exact) mass is 187 g/mol. The van der Waals surface area contributed by atoms with Gasteiger partial charge in [0.05, 0.1) is 0 Å². The number of hydrogen-bond acceptors (Lipinski definition) is 2. The van der Waals surface area contributed by atoms with Gasteiger partial charge in [0.2, 0.25) is 0 Å². The van der Waals surface area contributed by atoms with E-state index in [1.807, 2.05) is 6.92 Å². The van der Waals surface area contributed by atoms with E-state index >= 15 is 0 Å². The van der Waals surface area contributed by atoms with Crippen molar-refractivity contribution in [3.63, 3.8) is 0 Å². The highest BCUT2D eigenvalue weighted by Gasteiger charge is 2.19. The smallest absolute Gasteiger partial charge is 0.303 e. The Labute approximate surface area is 80.3 Å². The number of nitrogens with two attached hydrogens (primary N) is 1. The van der Waals surface area contributed by atoms with Crippen molar-refractivity contribution in [3.05, 3.63) is 0 Å². The molecular weight excluding hydrogens is 166 g/mol. The minimum Gasteiger partial charge on any atom is -0.481 e. The van der Waals surface area contributed by atoms with Crippen LogP contribution in [-0.2, 0) is 4.79 Å². The van der Waals surface area contributed by atoms with Gasteiger partial charge in [-0.05, 0) is 25.2 Å². The average Bonchev–Trinajstić information content (AvgIpc) is 2.02. The lowest BCUT2D eigenvalue weighted by molar-refractivity contribution is -0.138. The highest BCUT2D eigenvalue weighted by atomic mass is 16.4. The minimum absolute atomic E-state index is 0.0231. The molecule has 0 radical (unpaired) electrons. The molecule has 3 unspecified atom stereocenters. The first kappa shape index (κ1) is 12.4. The van der Waals surface area contributed by atoms with Crippen LogP contribution < -0.4 is 5.73 Å². The molecule has 0 saturated heterocycles. The van der Waals surface area contributed by atoms with E-state index in [1.165, 1.54) is 0 Å². The molecule has 0 aliphatic carbocycles. The Hall–Kier alpha value is -0.570. The molecule has 0 saturated carbocycles. The fourth-order valence-corrected chi connectivity index (χ4v) is 1.39. The van der Waals surface area contributed by atoms with Gasteiger partial charge in [0, 0.05) is 12.5 Å². The van der Waals surface area contributed by atoms with Crippen LogP contribution in [-0.4, -0.2) is 17.1 Å². The maximum Gasteiger partial charge on any atom is 0.303 e. The van der Waals surface area contributed by atoms with Crippen LogP contribution in [0.5, 0.6) is 0 Å². The van der Waals surface area contributed by atoms with Crippen molar-refractivity contribution in [1.82, 2.24) is 0 Å². The molecule has 3 N–H and O–H groups in total. The van der Waals surface area contributed by atoms with Gasteiger partial charge >= 0.3 is 5.97 Å². The minimum atomic E-state index is -0.745. The predicted octanol–water partition coefficient (Wildman–Crippen LogP) is 1.86. The Morgan fingerprint density at radius 1 is 1.46 bits per heavy atom. The van der Waals surface area contributed by atoms with Gasteiger partial charge in [0.15, 0.2) is 0 Å². The SMILES string of the molecule is CCC(C)CC(CC(=O)O)C(C)N. The molecule has 0 aromatic heterocycles. The first-order valence-corrected chi connectivity index (χ1v) is 4.94. The molecule has 0 heterocycles. The molecule has 0 spiro atoms. The maximum absolute atomic E-state index is 10.5. The summed E-state index contributed by atoms with van der Waals surface area (Å²) in [5.74, 6) is -0.0617. The second kappa shape index (κ2) is 5.97. The summed E-state index contributed by atoms with van der Waals surface area (Å²) < 4.78 is 0. The van der Waals surface area contributed by atoms with Crippen molar-refractivity contribution in [3.8, 4) is 0 Å². The molecule has 0 bridgehead atoms. The summed E-state index contributed by atoms with van der Waals surface area (Å²) in [5, 5.41) is 8.66. The van der Waals surface area contributed by atoms with Crippen LogP contribution in [0.2, 0.25) is 0 Å². The maximum atomic E-state index is 10.5. The molecule has 0 aromatic carbocycles. The summed E-state index contributed by atoms with van der Waals surface area (Å²) in [4.78, 5) is 10.5. The lowest BCUT2D eigenvalue weighted by atomic mass is 9.87. The number of carboxylic acids is 1. The van der Waals surface area contributed by atoms with Crippen LogP contribution in [0.4, 0.5) is 0 Å². The summed E-state index contributed by atoms with van der Waals surface area (Å²) in [7, 11) is 0. The topological polar surface area (TPSA) is 63.3 Å². The Balaban J connectivity index is 4.02. The fraction of sp³-hybridized carbons (Fsp3) is 0.900. The lowest BCUT2D eigenvalue weighted by Gasteiger charge is -2.21. The highest BCUT2D eigenvalue weighted by molar-refractivity contribution is 5.67. The van der Waals surface area contributed by atoms with E-state index in [0.717, 1.165) is 12.8 Å². The quantitative estimate of drug-likeness (QED) is 0.667. The largest absolute Gasteiger partial charge is 0.481 e. The first-order valence-electron chi connectivity index (χ1n) is 4.94. The number of carboxylic acid groups (broad SMARTS) is 1. The van der Waals surface area contributed by atoms with E-state index in [1.54, 1.807) is 0 Å². The van der Waals surface area contributed by atoms with Crippen molar-refractivity contribution < 1.29 is 9.90 Å². The summed E-state index contributed by atoms with van der Waals surface area (Å²) >= 11 is 0. The van der Waals surface area contributed by atoms with E-state index in [4.69, 9.17) is 10.8 Å². The molecule has 13 heavy (non-hydrogen) atoms. The molecule has 0 rings (SSSR count). The number of aliphatic carboxylic acids is 1. The molecule has 0 amide bonds. The molecule has 3 heteroatoms. The summed E-state index contributed by atoms with van der Waals surface area (Å²) in [6.07, 6.45) is 2.20. The summed E-state index contributed by atoms with van der Waals surface area (Å²) in [6, 6.07) is -0.0231. The van der Waals surface area contributed by atoms with Crippen molar-refractivity contribution in [2.24, 2.45) is 17.6 Å². The molecule has 3 atom stereocenters. The second-order valence-corrected chi connectivity index (χ2v) is 3.97. The Kier molecular flexibility index (Phi) is 5.71. The van der Waals surface area contributed by atoms with Crippen molar-refractivity contribution >= 4 is 5.97 Å². The van der Waals surface area contributed by atoms with Gasteiger partial charge < -0.3 is 10.8 Å². The van der Waals surface area contributed by atoms with E-state index in [2.05, 4.69) is 13.8 Å². The third-order valence-corrected chi connectivity index (χ3v) is 2.58. The van der Waals surface area contributed by atoms with Crippen LogP contribution in [0.1, 0.15) is 40.0 Å². The summed E-state index contributed by atoms with van der Waals surface area (Å²) in [5.41, 5.74) is 5.72. The zero-order valence-corrected chi connectivity index (χ0v) is 8.79. The van der Waals surface area contributed by atoms with Gasteiger partial charge in [-0.2, -0.15) is 0 Å². The molecule has 3 nitrogen and oxygen atoms in total. The van der Waals surface area contributed by atoms with Gasteiger partial charge in [-0.1, -0.05) is 20.3 Å². The van der Waals surface area contributed by atoms with Crippen molar-refractivity contribution in [1.29, 1.82) is 0 Å². The second-order valence-electron chi connectivity index (χ2n) is 3.97. The molecule has 0 aromatic rings. The third kappa shape index (κ3) is 5.64. The van der Waals surface area contributed by atoms with Gasteiger partial charge in [-0.3, -0.25) is 4.79 Å². The molecule has 0 aliphatic rings. The highest BCUT2D eigenvalue weighted by Crippen LogP contribution is 2.20. The van der Waals surface area contributed by atoms with Crippen molar-refractivity contribution in [2.45, 2.75) is 46.1 Å². The van der Waals surface area contributed by atoms with Gasteiger partial charge in [0.25, 0.3) is 0 Å². The van der Waals surface area contributed by atoms with Gasteiger partial charge in [-0.25, -0.2) is 0 Å². The van der Waals surface area contributed by atoms with E-state index in [-0.39, 0.29) is 18.4 Å². The Morgan fingerprint density at radius 2 is 2.00 bits per heavy atom. The first-order chi connectivity index (χ1) is 5.97. The summed E-state index contributed by atoms with van der Waals surface area (Å²) in [6.45, 7) is 6.14. The fourth-order valence-electron chi connectivity index (χ4n) is 1.39. The van der Waals surface area contributed by atoms with Crippen LogP contribution in [0.25, 0.3) is 0 Å². The van der Waals surface area contributed by atoms with Crippen LogP contribution in [0.15, 0.2) is 0 Å². The average molecular weight is 187 g/mol. The molecule has 0 aliphatic heterocycles. The predicted molar refractivity (Wildman–Crippen MR) is 53.5 cm³/mol. The zero-order chi connectivity index (χ0) is 10.4. The van der Waals surface area contributed by atoms with Crippen LogP contribution >= 0.6 is 0 Å². The zero-order valence-electron chi connectivity index (χ0n) is 8.79. The lowest BCUT2D eigenvalue weighted by Crippen LogP contribution is -2.29. The number of hydrogen-bond donors (Lipinski definition) is 2. The van der Waals surface area contributed by atoms with Crippen LogP contribution in [0.3, 0.4) is 0 Å².